The van der Waals surface area contributed by atoms with Crippen molar-refractivity contribution >= 4 is 39.7 Å². The Morgan fingerprint density at radius 1 is 1.03 bits per heavy atom. The molecule has 3 N–H and O–H groups in total. The minimum absolute atomic E-state index is 0.0688. The molecular formula is C20H18ClN5O5S. The molecule has 0 atom stereocenters. The molecule has 0 aliphatic carbocycles. The van der Waals surface area contributed by atoms with Crippen molar-refractivity contribution in [3.63, 3.8) is 0 Å². The third-order valence-corrected chi connectivity index (χ3v) is 5.63. The number of sulfonamides is 1. The molecule has 0 bridgehead atoms. The number of hydrogen-bond donors (Lipinski definition) is 3. The van der Waals surface area contributed by atoms with Gasteiger partial charge < -0.3 is 9.73 Å². The van der Waals surface area contributed by atoms with Gasteiger partial charge in [-0.3, -0.25) is 14.6 Å². The molecule has 166 valence electrons. The zero-order chi connectivity index (χ0) is 23.0. The van der Waals surface area contributed by atoms with Crippen LogP contribution in [0.2, 0.25) is 5.02 Å². The van der Waals surface area contributed by atoms with Crippen molar-refractivity contribution in [3.8, 4) is 0 Å². The average Bonchev–Trinajstić information content (AvgIpc) is 3.25. The van der Waals surface area contributed by atoms with Crippen molar-refractivity contribution in [1.82, 2.24) is 20.4 Å². The highest BCUT2D eigenvalue weighted by molar-refractivity contribution is 7.89. The normalized spacial score (nSPS) is 11.4. The number of carbonyl (C=O) groups excluding carboxylic acids is 2. The van der Waals surface area contributed by atoms with E-state index in [0.29, 0.717) is 16.5 Å². The van der Waals surface area contributed by atoms with E-state index < -0.39 is 21.8 Å². The number of hydrazone groups is 1. The molecule has 0 aliphatic heterocycles. The molecule has 32 heavy (non-hydrogen) atoms. The summed E-state index contributed by atoms with van der Waals surface area (Å²) >= 11 is 5.76. The second-order valence-corrected chi connectivity index (χ2v) is 8.49. The molecule has 2 heterocycles. The average molecular weight is 476 g/mol. The number of halogens is 1. The molecule has 2 amide bonds. The number of aromatic nitrogens is 1. The second-order valence-electron chi connectivity index (χ2n) is 6.29. The SMILES string of the molecule is O=C(NCc1ccccn1)C(=O)N/N=C/c1ccc(CNS(=O)(=O)c2ccc(Cl)cc2)o1. The van der Waals surface area contributed by atoms with E-state index in [2.05, 4.69) is 25.6 Å². The number of amides is 2. The van der Waals surface area contributed by atoms with Gasteiger partial charge in [-0.2, -0.15) is 5.10 Å². The molecule has 3 aromatic rings. The number of nitrogens with zero attached hydrogens (tertiary/aromatic N) is 2. The van der Waals surface area contributed by atoms with Gasteiger partial charge in [-0.15, -0.1) is 0 Å². The van der Waals surface area contributed by atoms with E-state index in [4.69, 9.17) is 16.0 Å². The summed E-state index contributed by atoms with van der Waals surface area (Å²) in [5, 5.41) is 6.49. The summed E-state index contributed by atoms with van der Waals surface area (Å²) in [5.74, 6) is -1.26. The molecule has 1 aromatic carbocycles. The van der Waals surface area contributed by atoms with Crippen LogP contribution in [-0.2, 0) is 32.7 Å². The van der Waals surface area contributed by atoms with Crippen LogP contribution in [0.25, 0.3) is 0 Å². The summed E-state index contributed by atoms with van der Waals surface area (Å²) in [6.07, 6.45) is 2.76. The van der Waals surface area contributed by atoms with E-state index in [9.17, 15) is 18.0 Å². The monoisotopic (exact) mass is 475 g/mol. The summed E-state index contributed by atoms with van der Waals surface area (Å²) in [6, 6.07) is 14.0. The molecule has 0 radical (unpaired) electrons. The van der Waals surface area contributed by atoms with Gasteiger partial charge >= 0.3 is 11.8 Å². The maximum atomic E-state index is 12.3. The molecule has 12 heteroatoms. The number of pyridine rings is 1. The van der Waals surface area contributed by atoms with E-state index >= 15 is 0 Å². The number of nitrogens with one attached hydrogen (secondary N) is 3. The van der Waals surface area contributed by atoms with Gasteiger partial charge in [0, 0.05) is 11.2 Å². The van der Waals surface area contributed by atoms with Gasteiger partial charge in [-0.05, 0) is 48.5 Å². The van der Waals surface area contributed by atoms with Crippen LogP contribution in [0, 0.1) is 0 Å². The lowest BCUT2D eigenvalue weighted by Crippen LogP contribution is -2.37. The first-order valence-corrected chi connectivity index (χ1v) is 11.0. The Kier molecular flexibility index (Phi) is 7.71. The topological polar surface area (TPSA) is 143 Å². The van der Waals surface area contributed by atoms with Crippen molar-refractivity contribution < 1.29 is 22.4 Å². The fourth-order valence-corrected chi connectivity index (χ4v) is 3.50. The Balaban J connectivity index is 1.46. The molecule has 0 fully saturated rings. The Labute approximate surface area is 188 Å². The van der Waals surface area contributed by atoms with Crippen LogP contribution in [0.3, 0.4) is 0 Å². The molecule has 0 saturated heterocycles. The zero-order valence-electron chi connectivity index (χ0n) is 16.5. The van der Waals surface area contributed by atoms with Crippen molar-refractivity contribution in [2.24, 2.45) is 5.10 Å². The quantitative estimate of drug-likeness (QED) is 0.256. The summed E-state index contributed by atoms with van der Waals surface area (Å²) in [4.78, 5) is 27.6. The predicted molar refractivity (Wildman–Crippen MR) is 116 cm³/mol. The highest BCUT2D eigenvalue weighted by atomic mass is 35.5. The summed E-state index contributed by atoms with van der Waals surface area (Å²) < 4.78 is 32.4. The smallest absolute Gasteiger partial charge is 0.329 e. The van der Waals surface area contributed by atoms with E-state index in [0.717, 1.165) is 0 Å². The van der Waals surface area contributed by atoms with E-state index in [-0.39, 0.29) is 23.7 Å². The van der Waals surface area contributed by atoms with Gasteiger partial charge in [0.25, 0.3) is 0 Å². The lowest BCUT2D eigenvalue weighted by molar-refractivity contribution is -0.139. The fraction of sp³-hybridized carbons (Fsp3) is 0.100. The van der Waals surface area contributed by atoms with Crippen LogP contribution in [0.15, 0.2) is 75.2 Å². The van der Waals surface area contributed by atoms with Gasteiger partial charge in [0.05, 0.1) is 29.9 Å². The highest BCUT2D eigenvalue weighted by Gasteiger charge is 2.15. The molecule has 0 aliphatic rings. The van der Waals surface area contributed by atoms with Gasteiger partial charge in [0.1, 0.15) is 11.5 Å². The molecule has 0 saturated carbocycles. The van der Waals surface area contributed by atoms with Crippen molar-refractivity contribution in [3.05, 3.63) is 83.0 Å². The van der Waals surface area contributed by atoms with Crippen molar-refractivity contribution in [2.75, 3.05) is 0 Å². The Morgan fingerprint density at radius 3 is 2.53 bits per heavy atom. The fourth-order valence-electron chi connectivity index (χ4n) is 2.38. The second kappa shape index (κ2) is 10.7. The lowest BCUT2D eigenvalue weighted by atomic mass is 10.3. The molecule has 2 aromatic heterocycles. The molecule has 3 rings (SSSR count). The number of rotatable bonds is 8. The first kappa shape index (κ1) is 23.1. The van der Waals surface area contributed by atoms with E-state index in [1.807, 2.05) is 0 Å². The predicted octanol–water partition coefficient (Wildman–Crippen LogP) is 1.57. The number of benzene rings is 1. The molecule has 0 unspecified atom stereocenters. The Bertz CT molecular complexity index is 1210. The van der Waals surface area contributed by atoms with Gasteiger partial charge in [-0.25, -0.2) is 18.6 Å². The van der Waals surface area contributed by atoms with Crippen LogP contribution in [0.4, 0.5) is 0 Å². The molecular weight excluding hydrogens is 458 g/mol. The van der Waals surface area contributed by atoms with Crippen LogP contribution in [0.1, 0.15) is 17.2 Å². The third kappa shape index (κ3) is 6.74. The van der Waals surface area contributed by atoms with Gasteiger partial charge in [0.2, 0.25) is 10.0 Å². The van der Waals surface area contributed by atoms with E-state index in [1.54, 1.807) is 30.5 Å². The maximum absolute atomic E-state index is 12.3. The zero-order valence-corrected chi connectivity index (χ0v) is 18.1. The number of carbonyl (C=O) groups is 2. The number of hydrogen-bond acceptors (Lipinski definition) is 7. The first-order valence-electron chi connectivity index (χ1n) is 9.18. The first-order chi connectivity index (χ1) is 15.3. The summed E-state index contributed by atoms with van der Waals surface area (Å²) in [6.45, 7) is 0.00532. The minimum Gasteiger partial charge on any atom is -0.459 e. The van der Waals surface area contributed by atoms with Crippen molar-refractivity contribution in [2.45, 2.75) is 18.0 Å². The van der Waals surface area contributed by atoms with Gasteiger partial charge in [-0.1, -0.05) is 17.7 Å². The summed E-state index contributed by atoms with van der Waals surface area (Å²) in [5.41, 5.74) is 2.68. The van der Waals surface area contributed by atoms with Crippen LogP contribution in [0.5, 0.6) is 0 Å². The maximum Gasteiger partial charge on any atom is 0.329 e. The van der Waals surface area contributed by atoms with Crippen LogP contribution in [-0.4, -0.2) is 31.4 Å². The molecule has 0 spiro atoms. The van der Waals surface area contributed by atoms with Crippen molar-refractivity contribution in [1.29, 1.82) is 0 Å². The van der Waals surface area contributed by atoms with Crippen LogP contribution < -0.4 is 15.5 Å². The Hall–Kier alpha value is -3.54. The lowest BCUT2D eigenvalue weighted by Gasteiger charge is -2.05. The third-order valence-electron chi connectivity index (χ3n) is 3.96. The molecule has 10 nitrogen and oxygen atoms in total. The van der Waals surface area contributed by atoms with E-state index in [1.165, 1.54) is 36.5 Å². The minimum atomic E-state index is -3.74. The van der Waals surface area contributed by atoms with Crippen LogP contribution >= 0.6 is 11.6 Å². The van der Waals surface area contributed by atoms with Gasteiger partial charge in [0.15, 0.2) is 0 Å². The number of furan rings is 1. The highest BCUT2D eigenvalue weighted by Crippen LogP contribution is 2.14. The largest absolute Gasteiger partial charge is 0.459 e. The standard InChI is InChI=1S/C20H18ClN5O5S/c21-14-4-8-18(9-5-14)32(29,30)25-13-17-7-6-16(31-17)12-24-26-20(28)19(27)23-11-15-3-1-2-10-22-15/h1-10,12,25H,11,13H2,(H,23,27)(H,26,28)/b24-12+. The summed E-state index contributed by atoms with van der Waals surface area (Å²) in [7, 11) is -3.74. The Morgan fingerprint density at radius 2 is 1.81 bits per heavy atom.